The average Bonchev–Trinajstić information content (AvgIpc) is 3.18. The lowest BCUT2D eigenvalue weighted by molar-refractivity contribution is 0.322. The summed E-state index contributed by atoms with van der Waals surface area (Å²) in [6.07, 6.45) is 1.95. The smallest absolute Gasteiger partial charge is 0.191 e. The van der Waals surface area contributed by atoms with Gasteiger partial charge in [0.15, 0.2) is 5.96 Å². The molecule has 2 aromatic carbocycles. The molecule has 0 saturated heterocycles. The number of rotatable bonds is 7. The SMILES string of the molecule is CN=C(NCCOc1ccccc1)NCc1ccn(-c2ccccc2)n1. The predicted molar refractivity (Wildman–Crippen MR) is 104 cm³/mol. The number of aromatic nitrogens is 2. The second-order valence-corrected chi connectivity index (χ2v) is 5.60. The Labute approximate surface area is 153 Å². The fraction of sp³-hybridized carbons (Fsp3) is 0.200. The number of aliphatic imine (C=N–C) groups is 1. The number of ether oxygens (including phenoxy) is 1. The van der Waals surface area contributed by atoms with Crippen molar-refractivity contribution in [2.45, 2.75) is 6.54 Å². The molecule has 26 heavy (non-hydrogen) atoms. The average molecular weight is 349 g/mol. The minimum Gasteiger partial charge on any atom is -0.492 e. The second kappa shape index (κ2) is 9.27. The van der Waals surface area contributed by atoms with E-state index in [1.165, 1.54) is 0 Å². The van der Waals surface area contributed by atoms with Crippen molar-refractivity contribution >= 4 is 5.96 Å². The Hall–Kier alpha value is -3.28. The summed E-state index contributed by atoms with van der Waals surface area (Å²) in [7, 11) is 1.75. The molecular weight excluding hydrogens is 326 g/mol. The molecule has 1 heterocycles. The van der Waals surface area contributed by atoms with Crippen LogP contribution in [-0.4, -0.2) is 35.9 Å². The van der Waals surface area contributed by atoms with Gasteiger partial charge in [0.05, 0.1) is 24.5 Å². The first-order valence-corrected chi connectivity index (χ1v) is 8.57. The van der Waals surface area contributed by atoms with E-state index in [4.69, 9.17) is 4.74 Å². The van der Waals surface area contributed by atoms with Gasteiger partial charge >= 0.3 is 0 Å². The first-order chi connectivity index (χ1) is 12.8. The molecule has 1 aromatic heterocycles. The third kappa shape index (κ3) is 5.11. The quantitative estimate of drug-likeness (QED) is 0.391. The topological polar surface area (TPSA) is 63.5 Å². The van der Waals surface area contributed by atoms with Gasteiger partial charge in [0.2, 0.25) is 0 Å². The van der Waals surface area contributed by atoms with Crippen molar-refractivity contribution in [1.82, 2.24) is 20.4 Å². The van der Waals surface area contributed by atoms with Crippen molar-refractivity contribution in [2.75, 3.05) is 20.2 Å². The van der Waals surface area contributed by atoms with Crippen LogP contribution in [0.3, 0.4) is 0 Å². The van der Waals surface area contributed by atoms with Gasteiger partial charge in [-0.1, -0.05) is 36.4 Å². The van der Waals surface area contributed by atoms with E-state index in [1.54, 1.807) is 7.05 Å². The lowest BCUT2D eigenvalue weighted by Crippen LogP contribution is -2.39. The molecule has 0 fully saturated rings. The van der Waals surface area contributed by atoms with Crippen LogP contribution in [0.1, 0.15) is 5.69 Å². The molecule has 3 aromatic rings. The fourth-order valence-corrected chi connectivity index (χ4v) is 2.43. The van der Waals surface area contributed by atoms with Crippen LogP contribution in [-0.2, 0) is 6.54 Å². The van der Waals surface area contributed by atoms with Gasteiger partial charge < -0.3 is 15.4 Å². The molecule has 2 N–H and O–H groups in total. The Kier molecular flexibility index (Phi) is 6.25. The van der Waals surface area contributed by atoms with Gasteiger partial charge in [-0.05, 0) is 30.3 Å². The standard InChI is InChI=1S/C20H23N5O/c1-21-20(22-13-15-26-19-10-6-3-7-11-19)23-16-17-12-14-25(24-17)18-8-4-2-5-9-18/h2-12,14H,13,15-16H2,1H3,(H2,21,22,23). The molecule has 3 rings (SSSR count). The van der Waals surface area contributed by atoms with Gasteiger partial charge in [0, 0.05) is 13.2 Å². The van der Waals surface area contributed by atoms with Crippen LogP contribution in [0.5, 0.6) is 5.75 Å². The summed E-state index contributed by atoms with van der Waals surface area (Å²) in [6, 6.07) is 21.8. The van der Waals surface area contributed by atoms with E-state index in [-0.39, 0.29) is 0 Å². The number of guanidine groups is 1. The Balaban J connectivity index is 1.42. The summed E-state index contributed by atoms with van der Waals surface area (Å²) in [5, 5.41) is 11.1. The summed E-state index contributed by atoms with van der Waals surface area (Å²) < 4.78 is 7.52. The maximum atomic E-state index is 5.66. The zero-order chi connectivity index (χ0) is 18.0. The van der Waals surface area contributed by atoms with Crippen molar-refractivity contribution < 1.29 is 4.74 Å². The molecular formula is C20H23N5O. The van der Waals surface area contributed by atoms with Crippen LogP contribution in [0.4, 0.5) is 0 Å². The predicted octanol–water partition coefficient (Wildman–Crippen LogP) is 2.62. The molecule has 0 saturated carbocycles. The van der Waals surface area contributed by atoms with Crippen molar-refractivity contribution in [3.63, 3.8) is 0 Å². The van der Waals surface area contributed by atoms with Gasteiger partial charge in [-0.2, -0.15) is 5.10 Å². The van der Waals surface area contributed by atoms with Crippen LogP contribution in [0.2, 0.25) is 0 Å². The Morgan fingerprint density at radius 2 is 1.73 bits per heavy atom. The van der Waals surface area contributed by atoms with E-state index in [0.717, 1.165) is 23.1 Å². The third-order valence-corrected chi connectivity index (χ3v) is 3.73. The Morgan fingerprint density at radius 1 is 1.00 bits per heavy atom. The summed E-state index contributed by atoms with van der Waals surface area (Å²) >= 11 is 0. The van der Waals surface area contributed by atoms with Crippen LogP contribution in [0, 0.1) is 0 Å². The van der Waals surface area contributed by atoms with E-state index in [2.05, 4.69) is 20.7 Å². The van der Waals surface area contributed by atoms with Crippen LogP contribution < -0.4 is 15.4 Å². The van der Waals surface area contributed by atoms with Gasteiger partial charge in [-0.25, -0.2) is 4.68 Å². The van der Waals surface area contributed by atoms with Crippen molar-refractivity contribution in [1.29, 1.82) is 0 Å². The van der Waals surface area contributed by atoms with Gasteiger partial charge in [0.1, 0.15) is 12.4 Å². The molecule has 0 spiro atoms. The number of para-hydroxylation sites is 2. The highest BCUT2D eigenvalue weighted by atomic mass is 16.5. The lowest BCUT2D eigenvalue weighted by atomic mass is 10.3. The molecule has 134 valence electrons. The number of nitrogens with one attached hydrogen (secondary N) is 2. The van der Waals surface area contributed by atoms with E-state index in [1.807, 2.05) is 77.6 Å². The summed E-state index contributed by atoms with van der Waals surface area (Å²) in [6.45, 7) is 1.82. The molecule has 0 atom stereocenters. The normalized spacial score (nSPS) is 11.2. The lowest BCUT2D eigenvalue weighted by Gasteiger charge is -2.11. The zero-order valence-electron chi connectivity index (χ0n) is 14.8. The van der Waals surface area contributed by atoms with Crippen molar-refractivity contribution in [3.8, 4) is 11.4 Å². The molecule has 0 aliphatic rings. The number of hydrogen-bond acceptors (Lipinski definition) is 3. The molecule has 0 bridgehead atoms. The number of hydrogen-bond donors (Lipinski definition) is 2. The van der Waals surface area contributed by atoms with Crippen LogP contribution in [0.25, 0.3) is 5.69 Å². The minimum atomic E-state index is 0.563. The highest BCUT2D eigenvalue weighted by Crippen LogP contribution is 2.08. The largest absolute Gasteiger partial charge is 0.492 e. The molecule has 0 radical (unpaired) electrons. The molecule has 0 amide bonds. The van der Waals surface area contributed by atoms with Crippen molar-refractivity contribution in [2.24, 2.45) is 4.99 Å². The number of benzene rings is 2. The highest BCUT2D eigenvalue weighted by molar-refractivity contribution is 5.79. The van der Waals surface area contributed by atoms with E-state index in [9.17, 15) is 0 Å². The van der Waals surface area contributed by atoms with E-state index < -0.39 is 0 Å². The van der Waals surface area contributed by atoms with Gasteiger partial charge in [-0.15, -0.1) is 0 Å². The first kappa shape index (κ1) is 17.5. The molecule has 0 unspecified atom stereocenters. The molecule has 6 heteroatoms. The summed E-state index contributed by atoms with van der Waals surface area (Å²) in [5.41, 5.74) is 1.98. The summed E-state index contributed by atoms with van der Waals surface area (Å²) in [4.78, 5) is 4.22. The maximum absolute atomic E-state index is 5.66. The van der Waals surface area contributed by atoms with Crippen LogP contribution >= 0.6 is 0 Å². The minimum absolute atomic E-state index is 0.563. The second-order valence-electron chi connectivity index (χ2n) is 5.60. The van der Waals surface area contributed by atoms with Crippen LogP contribution in [0.15, 0.2) is 77.9 Å². The molecule has 6 nitrogen and oxygen atoms in total. The summed E-state index contributed by atoms with van der Waals surface area (Å²) in [5.74, 6) is 1.58. The van der Waals surface area contributed by atoms with E-state index in [0.29, 0.717) is 19.7 Å². The Bertz CT molecular complexity index is 814. The van der Waals surface area contributed by atoms with E-state index >= 15 is 0 Å². The van der Waals surface area contributed by atoms with Gasteiger partial charge in [0.25, 0.3) is 0 Å². The first-order valence-electron chi connectivity index (χ1n) is 8.57. The monoisotopic (exact) mass is 349 g/mol. The van der Waals surface area contributed by atoms with Gasteiger partial charge in [-0.3, -0.25) is 4.99 Å². The molecule has 0 aliphatic carbocycles. The van der Waals surface area contributed by atoms with Crippen molar-refractivity contribution in [3.05, 3.63) is 78.6 Å². The fourth-order valence-electron chi connectivity index (χ4n) is 2.43. The zero-order valence-corrected chi connectivity index (χ0v) is 14.8. The number of nitrogens with zero attached hydrogens (tertiary/aromatic N) is 3. The Morgan fingerprint density at radius 3 is 2.46 bits per heavy atom. The third-order valence-electron chi connectivity index (χ3n) is 3.73. The molecule has 0 aliphatic heterocycles. The maximum Gasteiger partial charge on any atom is 0.191 e. The highest BCUT2D eigenvalue weighted by Gasteiger charge is 2.03.